The van der Waals surface area contributed by atoms with Gasteiger partial charge in [-0.25, -0.2) is 4.79 Å². The molecule has 0 saturated carbocycles. The molecule has 7 nitrogen and oxygen atoms in total. The number of urea groups is 1. The zero-order valence-electron chi connectivity index (χ0n) is 17.3. The number of anilines is 3. The van der Waals surface area contributed by atoms with Gasteiger partial charge in [-0.3, -0.25) is 0 Å². The smallest absolute Gasteiger partial charge is 0.321 e. The topological polar surface area (TPSA) is 64.6 Å². The number of nitrogens with one attached hydrogen (secondary N) is 1. The Kier molecular flexibility index (Phi) is 5.83. The number of piperidine rings is 1. The number of rotatable bonds is 3. The Morgan fingerprint density at radius 3 is 2.45 bits per heavy atom. The lowest BCUT2D eigenvalue weighted by molar-refractivity contribution is 0.208. The van der Waals surface area contributed by atoms with Crippen LogP contribution in [0.5, 0.6) is 0 Å². The van der Waals surface area contributed by atoms with Crippen LogP contribution in [0, 0.1) is 6.92 Å². The average Bonchev–Trinajstić information content (AvgIpc) is 2.74. The maximum Gasteiger partial charge on any atom is 0.321 e. The molecule has 0 aliphatic carbocycles. The molecule has 3 heterocycles. The number of hydrogen-bond acceptors (Lipinski definition) is 5. The highest BCUT2D eigenvalue weighted by Crippen LogP contribution is 2.24. The number of aromatic nitrogens is 2. The number of nitrogens with zero attached hydrogens (tertiary/aromatic N) is 5. The molecule has 1 atom stereocenters. The Bertz CT molecular complexity index is 831. The van der Waals surface area contributed by atoms with Gasteiger partial charge in [0.15, 0.2) is 11.6 Å². The lowest BCUT2D eigenvalue weighted by Gasteiger charge is -2.36. The second-order valence-corrected chi connectivity index (χ2v) is 8.06. The fraction of sp³-hybridized carbons (Fsp3) is 0.500. The van der Waals surface area contributed by atoms with Crippen LogP contribution in [-0.2, 0) is 0 Å². The van der Waals surface area contributed by atoms with Crippen molar-refractivity contribution in [2.75, 3.05) is 47.8 Å². The van der Waals surface area contributed by atoms with Crippen LogP contribution in [0.15, 0.2) is 36.4 Å². The SMILES string of the molecule is Cc1cccc(NC(=O)N2CCN(c3ccc(N4CCCCC4C)nn3)CC2)c1. The first-order valence-electron chi connectivity index (χ1n) is 10.6. The molecular formula is C22H30N6O. The predicted octanol–water partition coefficient (Wildman–Crippen LogP) is 3.52. The minimum Gasteiger partial charge on any atom is -0.352 e. The molecule has 154 valence electrons. The van der Waals surface area contributed by atoms with E-state index in [4.69, 9.17) is 0 Å². The molecule has 0 spiro atoms. The van der Waals surface area contributed by atoms with E-state index in [1.165, 1.54) is 19.3 Å². The van der Waals surface area contributed by atoms with Gasteiger partial charge in [-0.15, -0.1) is 10.2 Å². The number of carbonyl (C=O) groups is 1. The fourth-order valence-electron chi connectivity index (χ4n) is 4.14. The summed E-state index contributed by atoms with van der Waals surface area (Å²) in [6.45, 7) is 8.20. The third-order valence-electron chi connectivity index (χ3n) is 5.89. The van der Waals surface area contributed by atoms with E-state index in [1.54, 1.807) is 0 Å². The van der Waals surface area contributed by atoms with Crippen molar-refractivity contribution in [2.24, 2.45) is 0 Å². The van der Waals surface area contributed by atoms with Crippen molar-refractivity contribution < 1.29 is 4.79 Å². The van der Waals surface area contributed by atoms with Crippen molar-refractivity contribution in [3.05, 3.63) is 42.0 Å². The monoisotopic (exact) mass is 394 g/mol. The number of amides is 2. The average molecular weight is 395 g/mol. The van der Waals surface area contributed by atoms with Crippen LogP contribution in [0.3, 0.4) is 0 Å². The van der Waals surface area contributed by atoms with Crippen molar-refractivity contribution in [2.45, 2.75) is 39.2 Å². The molecule has 1 N–H and O–H groups in total. The molecule has 1 aromatic carbocycles. The maximum atomic E-state index is 12.5. The lowest BCUT2D eigenvalue weighted by atomic mass is 10.0. The number of piperazine rings is 1. The molecule has 2 aliphatic heterocycles. The Labute approximate surface area is 172 Å². The van der Waals surface area contributed by atoms with Gasteiger partial charge in [0, 0.05) is 44.5 Å². The van der Waals surface area contributed by atoms with Crippen LogP contribution >= 0.6 is 0 Å². The molecule has 1 unspecified atom stereocenters. The third kappa shape index (κ3) is 4.60. The van der Waals surface area contributed by atoms with Gasteiger partial charge in [-0.1, -0.05) is 12.1 Å². The highest BCUT2D eigenvalue weighted by atomic mass is 16.2. The molecule has 2 aliphatic rings. The first kappa shape index (κ1) is 19.5. The summed E-state index contributed by atoms with van der Waals surface area (Å²) in [6.07, 6.45) is 3.74. The van der Waals surface area contributed by atoms with E-state index in [0.29, 0.717) is 19.1 Å². The Hall–Kier alpha value is -2.83. The standard InChI is InChI=1S/C22H30N6O/c1-17-6-5-8-19(16-17)23-22(29)27-14-12-26(13-15-27)20-9-10-21(25-24-20)28-11-4-3-7-18(28)2/h5-6,8-10,16,18H,3-4,7,11-15H2,1-2H3,(H,23,29). The Morgan fingerprint density at radius 1 is 1.00 bits per heavy atom. The van der Waals surface area contributed by atoms with Crippen LogP contribution < -0.4 is 15.1 Å². The summed E-state index contributed by atoms with van der Waals surface area (Å²) in [5, 5.41) is 12.0. The Balaban J connectivity index is 1.31. The summed E-state index contributed by atoms with van der Waals surface area (Å²) in [4.78, 5) is 18.9. The van der Waals surface area contributed by atoms with Crippen molar-refractivity contribution in [1.29, 1.82) is 0 Å². The second-order valence-electron chi connectivity index (χ2n) is 8.06. The molecule has 7 heteroatoms. The highest BCUT2D eigenvalue weighted by molar-refractivity contribution is 5.89. The maximum absolute atomic E-state index is 12.5. The highest BCUT2D eigenvalue weighted by Gasteiger charge is 2.23. The zero-order chi connectivity index (χ0) is 20.2. The summed E-state index contributed by atoms with van der Waals surface area (Å²) in [6, 6.07) is 12.5. The number of hydrogen-bond donors (Lipinski definition) is 1. The molecule has 29 heavy (non-hydrogen) atoms. The molecule has 4 rings (SSSR count). The minimum atomic E-state index is -0.0456. The van der Waals surface area contributed by atoms with E-state index in [9.17, 15) is 4.79 Å². The van der Waals surface area contributed by atoms with Crippen LogP contribution in [0.25, 0.3) is 0 Å². The van der Waals surface area contributed by atoms with E-state index in [2.05, 4.69) is 44.4 Å². The summed E-state index contributed by atoms with van der Waals surface area (Å²) < 4.78 is 0. The van der Waals surface area contributed by atoms with Crippen LogP contribution in [-0.4, -0.2) is 59.9 Å². The van der Waals surface area contributed by atoms with Crippen LogP contribution in [0.4, 0.5) is 22.1 Å². The van der Waals surface area contributed by atoms with E-state index in [1.807, 2.05) is 36.1 Å². The quantitative estimate of drug-likeness (QED) is 0.863. The largest absolute Gasteiger partial charge is 0.352 e. The van der Waals surface area contributed by atoms with Gasteiger partial charge in [0.05, 0.1) is 0 Å². The fourth-order valence-corrected chi connectivity index (χ4v) is 4.14. The normalized spacial score (nSPS) is 19.9. The summed E-state index contributed by atoms with van der Waals surface area (Å²) in [5.74, 6) is 1.86. The van der Waals surface area contributed by atoms with Crippen molar-refractivity contribution in [3.8, 4) is 0 Å². The zero-order valence-corrected chi connectivity index (χ0v) is 17.3. The van der Waals surface area contributed by atoms with Crippen molar-refractivity contribution >= 4 is 23.4 Å². The third-order valence-corrected chi connectivity index (χ3v) is 5.89. The number of benzene rings is 1. The van der Waals surface area contributed by atoms with E-state index in [0.717, 1.165) is 42.5 Å². The van der Waals surface area contributed by atoms with Crippen LogP contribution in [0.1, 0.15) is 31.7 Å². The van der Waals surface area contributed by atoms with Gasteiger partial charge in [-0.2, -0.15) is 0 Å². The molecule has 2 saturated heterocycles. The lowest BCUT2D eigenvalue weighted by Crippen LogP contribution is -2.50. The van der Waals surface area contributed by atoms with Crippen LogP contribution in [0.2, 0.25) is 0 Å². The van der Waals surface area contributed by atoms with E-state index < -0.39 is 0 Å². The number of aryl methyl sites for hydroxylation is 1. The minimum absolute atomic E-state index is 0.0456. The van der Waals surface area contributed by atoms with Gasteiger partial charge in [-0.05, 0) is 62.9 Å². The number of carbonyl (C=O) groups excluding carboxylic acids is 1. The van der Waals surface area contributed by atoms with Gasteiger partial charge in [0.1, 0.15) is 0 Å². The molecule has 2 amide bonds. The molecular weight excluding hydrogens is 364 g/mol. The van der Waals surface area contributed by atoms with Gasteiger partial charge >= 0.3 is 6.03 Å². The summed E-state index contributed by atoms with van der Waals surface area (Å²) in [7, 11) is 0. The van der Waals surface area contributed by atoms with Crippen molar-refractivity contribution in [1.82, 2.24) is 15.1 Å². The van der Waals surface area contributed by atoms with Gasteiger partial charge in [0.25, 0.3) is 0 Å². The first-order valence-corrected chi connectivity index (χ1v) is 10.6. The first-order chi connectivity index (χ1) is 14.1. The molecule has 0 radical (unpaired) electrons. The summed E-state index contributed by atoms with van der Waals surface area (Å²) >= 11 is 0. The Morgan fingerprint density at radius 2 is 1.76 bits per heavy atom. The second kappa shape index (κ2) is 8.68. The molecule has 1 aromatic heterocycles. The van der Waals surface area contributed by atoms with Gasteiger partial charge < -0.3 is 20.0 Å². The molecule has 2 aromatic rings. The van der Waals surface area contributed by atoms with E-state index >= 15 is 0 Å². The van der Waals surface area contributed by atoms with Gasteiger partial charge in [0.2, 0.25) is 0 Å². The molecule has 0 bridgehead atoms. The molecule has 2 fully saturated rings. The van der Waals surface area contributed by atoms with E-state index in [-0.39, 0.29) is 6.03 Å². The predicted molar refractivity (Wildman–Crippen MR) is 117 cm³/mol. The summed E-state index contributed by atoms with van der Waals surface area (Å²) in [5.41, 5.74) is 1.97. The van der Waals surface area contributed by atoms with Crippen molar-refractivity contribution in [3.63, 3.8) is 0 Å².